The van der Waals surface area contributed by atoms with Crippen molar-refractivity contribution in [3.63, 3.8) is 0 Å². The summed E-state index contributed by atoms with van der Waals surface area (Å²) in [6.45, 7) is 1.65. The summed E-state index contributed by atoms with van der Waals surface area (Å²) >= 11 is 5.59. The van der Waals surface area contributed by atoms with Crippen molar-refractivity contribution in [1.29, 1.82) is 0 Å². The molecule has 1 aromatic heterocycles. The zero-order valence-electron chi connectivity index (χ0n) is 16.3. The predicted octanol–water partition coefficient (Wildman–Crippen LogP) is 2.82. The second-order valence-electron chi connectivity index (χ2n) is 6.58. The van der Waals surface area contributed by atoms with E-state index < -0.39 is 28.7 Å². The number of anilines is 3. The molecule has 8 nitrogen and oxygen atoms in total. The summed E-state index contributed by atoms with van der Waals surface area (Å²) in [5, 5.41) is 2.00. The van der Waals surface area contributed by atoms with Gasteiger partial charge in [-0.1, -0.05) is 11.6 Å². The van der Waals surface area contributed by atoms with E-state index in [1.165, 1.54) is 6.07 Å². The first-order chi connectivity index (χ1) is 13.4. The average Bonchev–Trinajstić information content (AvgIpc) is 2.61. The number of carbonyl (C=O) groups is 1. The molecule has 1 unspecified atom stereocenters. The third-order valence-corrected chi connectivity index (χ3v) is 4.37. The van der Waals surface area contributed by atoms with Crippen molar-refractivity contribution in [3.8, 4) is 0 Å². The number of amides is 1. The standard InChI is InChI=1S/C17H21ClF3N7O/c1-9(14-24-15(22)26-16(25-14)27(2)3)28(4)8-13(29)23-10-5-6-12(18)11(7-10)17(19,20)21/h5-7,9H,8H2,1-4H3,(H,23,29)(H2,22,24,25,26). The molecule has 0 saturated heterocycles. The highest BCUT2D eigenvalue weighted by molar-refractivity contribution is 6.31. The second kappa shape index (κ2) is 8.78. The van der Waals surface area contributed by atoms with Crippen LogP contribution in [-0.2, 0) is 11.0 Å². The molecule has 0 saturated carbocycles. The number of nitrogens with zero attached hydrogens (tertiary/aromatic N) is 5. The van der Waals surface area contributed by atoms with Gasteiger partial charge in [-0.15, -0.1) is 0 Å². The Kier molecular flexibility index (Phi) is 6.85. The molecule has 0 aliphatic carbocycles. The van der Waals surface area contributed by atoms with Crippen LogP contribution in [0.5, 0.6) is 0 Å². The minimum absolute atomic E-state index is 0.00734. The van der Waals surface area contributed by atoms with E-state index in [1.807, 2.05) is 0 Å². The lowest BCUT2D eigenvalue weighted by molar-refractivity contribution is -0.137. The third-order valence-electron chi connectivity index (χ3n) is 4.04. The minimum atomic E-state index is -4.62. The highest BCUT2D eigenvalue weighted by Crippen LogP contribution is 2.36. The predicted molar refractivity (Wildman–Crippen MR) is 105 cm³/mol. The fourth-order valence-electron chi connectivity index (χ4n) is 2.37. The van der Waals surface area contributed by atoms with Gasteiger partial charge in [0.2, 0.25) is 17.8 Å². The number of hydrogen-bond donors (Lipinski definition) is 2. The summed E-state index contributed by atoms with van der Waals surface area (Å²) < 4.78 is 38.9. The van der Waals surface area contributed by atoms with E-state index in [0.29, 0.717) is 11.8 Å². The van der Waals surface area contributed by atoms with E-state index in [0.717, 1.165) is 12.1 Å². The molecule has 3 N–H and O–H groups in total. The van der Waals surface area contributed by atoms with Crippen molar-refractivity contribution in [1.82, 2.24) is 19.9 Å². The van der Waals surface area contributed by atoms with Crippen molar-refractivity contribution in [2.24, 2.45) is 0 Å². The van der Waals surface area contributed by atoms with Gasteiger partial charge in [-0.2, -0.15) is 28.1 Å². The molecule has 0 spiro atoms. The zero-order valence-corrected chi connectivity index (χ0v) is 17.0. The first kappa shape index (κ1) is 22.6. The molecule has 1 heterocycles. The number of nitrogen functional groups attached to an aromatic ring is 1. The van der Waals surface area contributed by atoms with Crippen LogP contribution in [-0.4, -0.2) is 53.4 Å². The van der Waals surface area contributed by atoms with Gasteiger partial charge in [-0.05, 0) is 32.2 Å². The van der Waals surface area contributed by atoms with Crippen LogP contribution in [0.1, 0.15) is 24.4 Å². The molecule has 0 aliphatic rings. The number of nitrogens with two attached hydrogens (primary N) is 1. The van der Waals surface area contributed by atoms with Crippen molar-refractivity contribution >= 4 is 35.1 Å². The van der Waals surface area contributed by atoms with Crippen molar-refractivity contribution in [3.05, 3.63) is 34.6 Å². The van der Waals surface area contributed by atoms with E-state index in [9.17, 15) is 18.0 Å². The maximum absolute atomic E-state index is 13.0. The number of halogens is 4. The normalized spacial score (nSPS) is 12.7. The maximum atomic E-state index is 13.0. The molecule has 158 valence electrons. The highest BCUT2D eigenvalue weighted by Gasteiger charge is 2.33. The molecule has 0 aliphatic heterocycles. The molecule has 0 bridgehead atoms. The smallest absolute Gasteiger partial charge is 0.368 e. The van der Waals surface area contributed by atoms with E-state index in [4.69, 9.17) is 17.3 Å². The summed E-state index contributed by atoms with van der Waals surface area (Å²) in [5.74, 6) is 0.273. The van der Waals surface area contributed by atoms with Crippen LogP contribution in [0.3, 0.4) is 0 Å². The number of benzene rings is 1. The van der Waals surface area contributed by atoms with Gasteiger partial charge in [-0.25, -0.2) is 0 Å². The van der Waals surface area contributed by atoms with Crippen LogP contribution in [0, 0.1) is 0 Å². The molecule has 1 atom stereocenters. The van der Waals surface area contributed by atoms with E-state index >= 15 is 0 Å². The number of hydrogen-bond acceptors (Lipinski definition) is 7. The average molecular weight is 432 g/mol. The van der Waals surface area contributed by atoms with Crippen molar-refractivity contribution in [2.45, 2.75) is 19.1 Å². The minimum Gasteiger partial charge on any atom is -0.368 e. The topological polar surface area (TPSA) is 100 Å². The highest BCUT2D eigenvalue weighted by atomic mass is 35.5. The molecule has 0 fully saturated rings. The van der Waals surface area contributed by atoms with Crippen LogP contribution in [0.25, 0.3) is 0 Å². The Morgan fingerprint density at radius 3 is 2.48 bits per heavy atom. The first-order valence-corrected chi connectivity index (χ1v) is 8.82. The Bertz CT molecular complexity index is 892. The fraction of sp³-hybridized carbons (Fsp3) is 0.412. The van der Waals surface area contributed by atoms with E-state index in [2.05, 4.69) is 20.3 Å². The summed E-state index contributed by atoms with van der Waals surface area (Å²) in [5.41, 5.74) is 4.69. The Morgan fingerprint density at radius 2 is 1.90 bits per heavy atom. The third kappa shape index (κ3) is 5.91. The van der Waals surface area contributed by atoms with E-state index in [-0.39, 0.29) is 18.2 Å². The second-order valence-corrected chi connectivity index (χ2v) is 6.99. The van der Waals surface area contributed by atoms with Crippen LogP contribution in [0.15, 0.2) is 18.2 Å². The Labute approximate surface area is 170 Å². The zero-order chi connectivity index (χ0) is 21.9. The largest absolute Gasteiger partial charge is 0.417 e. The maximum Gasteiger partial charge on any atom is 0.417 e. The van der Waals surface area contributed by atoms with Gasteiger partial charge >= 0.3 is 6.18 Å². The Balaban J connectivity index is 2.09. The Hall–Kier alpha value is -2.66. The van der Waals surface area contributed by atoms with Crippen LogP contribution < -0.4 is 16.0 Å². The van der Waals surface area contributed by atoms with Gasteiger partial charge in [0.25, 0.3) is 0 Å². The molecular formula is C17H21ClF3N7O. The summed E-state index contributed by atoms with van der Waals surface area (Å²) in [6.07, 6.45) is -4.62. The van der Waals surface area contributed by atoms with Crippen molar-refractivity contribution < 1.29 is 18.0 Å². The number of likely N-dealkylation sites (N-methyl/N-ethyl adjacent to an activating group) is 1. The number of carbonyl (C=O) groups excluding carboxylic acids is 1. The summed E-state index contributed by atoms with van der Waals surface area (Å²) in [4.78, 5) is 28.0. The first-order valence-electron chi connectivity index (χ1n) is 8.44. The monoisotopic (exact) mass is 431 g/mol. The molecule has 2 rings (SSSR count). The molecule has 2 aromatic rings. The van der Waals surface area contributed by atoms with Gasteiger partial charge < -0.3 is 16.0 Å². The van der Waals surface area contributed by atoms with Gasteiger partial charge in [-0.3, -0.25) is 9.69 Å². The van der Waals surface area contributed by atoms with Crippen LogP contribution in [0.2, 0.25) is 5.02 Å². The Morgan fingerprint density at radius 1 is 1.24 bits per heavy atom. The molecule has 29 heavy (non-hydrogen) atoms. The van der Waals surface area contributed by atoms with E-state index in [1.54, 1.807) is 37.9 Å². The molecular weight excluding hydrogens is 411 g/mol. The molecule has 0 radical (unpaired) electrons. The van der Waals surface area contributed by atoms with Gasteiger partial charge in [0.1, 0.15) is 0 Å². The lowest BCUT2D eigenvalue weighted by Gasteiger charge is -2.24. The van der Waals surface area contributed by atoms with Gasteiger partial charge in [0.05, 0.1) is 23.2 Å². The lowest BCUT2D eigenvalue weighted by Crippen LogP contribution is -2.33. The molecule has 1 aromatic carbocycles. The van der Waals surface area contributed by atoms with Gasteiger partial charge in [0.15, 0.2) is 5.82 Å². The fourth-order valence-corrected chi connectivity index (χ4v) is 2.59. The number of aromatic nitrogens is 3. The summed E-state index contributed by atoms with van der Waals surface area (Å²) in [6, 6.07) is 2.78. The number of rotatable bonds is 6. The molecule has 1 amide bonds. The summed E-state index contributed by atoms with van der Waals surface area (Å²) in [7, 11) is 5.16. The molecule has 12 heteroatoms. The van der Waals surface area contributed by atoms with Gasteiger partial charge in [0, 0.05) is 19.8 Å². The lowest BCUT2D eigenvalue weighted by atomic mass is 10.2. The number of nitrogens with one attached hydrogen (secondary N) is 1. The quantitative estimate of drug-likeness (QED) is 0.725. The SMILES string of the molecule is CC(c1nc(N)nc(N(C)C)n1)N(C)CC(=O)Nc1ccc(Cl)c(C(F)(F)F)c1. The van der Waals surface area contributed by atoms with Crippen molar-refractivity contribution in [2.75, 3.05) is 43.6 Å². The van der Waals surface area contributed by atoms with Crippen LogP contribution >= 0.6 is 11.6 Å². The number of alkyl halides is 3. The van der Waals surface area contributed by atoms with Crippen LogP contribution in [0.4, 0.5) is 30.8 Å².